The maximum atomic E-state index is 13.0. The summed E-state index contributed by atoms with van der Waals surface area (Å²) in [4.78, 5) is 25.6. The van der Waals surface area contributed by atoms with Gasteiger partial charge in [-0.1, -0.05) is 11.6 Å². The van der Waals surface area contributed by atoms with Gasteiger partial charge in [0.25, 0.3) is 5.91 Å². The molecule has 0 aliphatic carbocycles. The molecule has 172 valence electrons. The monoisotopic (exact) mass is 496 g/mol. The number of aryl methyl sites for hydroxylation is 1. The first kappa shape index (κ1) is 23.2. The molecule has 3 heterocycles. The molecule has 4 rings (SSSR count). The lowest BCUT2D eigenvalue weighted by atomic mass is 9.95. The van der Waals surface area contributed by atoms with Crippen LogP contribution in [0.25, 0.3) is 0 Å². The van der Waals surface area contributed by atoms with E-state index in [1.807, 2.05) is 18.2 Å². The van der Waals surface area contributed by atoms with Crippen molar-refractivity contribution >= 4 is 45.2 Å². The summed E-state index contributed by atoms with van der Waals surface area (Å²) < 4.78 is 28.7. The number of fused-ring (bicyclic) bond motifs is 1. The molecule has 1 aromatic carbocycles. The van der Waals surface area contributed by atoms with Gasteiger partial charge in [0, 0.05) is 47.9 Å². The van der Waals surface area contributed by atoms with Crippen LogP contribution in [0.3, 0.4) is 0 Å². The fraction of sp³-hybridized carbons (Fsp3) is 0.429. The molecule has 0 radical (unpaired) electrons. The third-order valence-electron chi connectivity index (χ3n) is 6.02. The van der Waals surface area contributed by atoms with Crippen molar-refractivity contribution in [2.24, 2.45) is 18.7 Å². The molecular weight excluding hydrogens is 472 g/mol. The van der Waals surface area contributed by atoms with Crippen molar-refractivity contribution in [3.8, 4) is 0 Å². The predicted molar refractivity (Wildman–Crippen MR) is 123 cm³/mol. The zero-order chi connectivity index (χ0) is 23.0. The van der Waals surface area contributed by atoms with Gasteiger partial charge in [0.2, 0.25) is 15.9 Å². The number of nitrogens with zero attached hydrogens (tertiary/aromatic N) is 2. The highest BCUT2D eigenvalue weighted by atomic mass is 35.5. The summed E-state index contributed by atoms with van der Waals surface area (Å²) in [5.74, 6) is -0.0785. The summed E-state index contributed by atoms with van der Waals surface area (Å²) in [7, 11) is -2.19. The first-order valence-electron chi connectivity index (χ1n) is 10.4. The van der Waals surface area contributed by atoms with Crippen molar-refractivity contribution in [1.29, 1.82) is 0 Å². The third kappa shape index (κ3) is 4.54. The highest BCUT2D eigenvalue weighted by molar-refractivity contribution is 7.99. The number of hydrogen-bond acceptors (Lipinski definition) is 5. The molecule has 2 aliphatic rings. The zero-order valence-electron chi connectivity index (χ0n) is 17.6. The number of carbonyl (C=O) groups is 2. The lowest BCUT2D eigenvalue weighted by molar-refractivity contribution is -0.126. The second-order valence-corrected chi connectivity index (χ2v) is 11.6. The van der Waals surface area contributed by atoms with Crippen LogP contribution in [-0.4, -0.2) is 47.9 Å². The number of nitrogens with one attached hydrogen (secondary N) is 1. The van der Waals surface area contributed by atoms with Gasteiger partial charge in [-0.3, -0.25) is 9.59 Å². The lowest BCUT2D eigenvalue weighted by Gasteiger charge is -2.32. The van der Waals surface area contributed by atoms with Gasteiger partial charge in [0.1, 0.15) is 10.6 Å². The Kier molecular flexibility index (Phi) is 6.58. The van der Waals surface area contributed by atoms with Crippen LogP contribution < -0.4 is 11.1 Å². The number of aromatic nitrogens is 1. The second-order valence-electron chi connectivity index (χ2n) is 8.10. The van der Waals surface area contributed by atoms with Crippen LogP contribution in [0.15, 0.2) is 40.3 Å². The molecule has 2 aromatic rings. The SMILES string of the molecule is Cn1cc(S(=O)(=O)N2CCC(C(=O)N[C@H]3CCSc4ccc(Cl)cc43)CC2)cc1C(N)=O. The van der Waals surface area contributed by atoms with Crippen molar-refractivity contribution in [2.45, 2.75) is 35.1 Å². The zero-order valence-corrected chi connectivity index (χ0v) is 20.0. The highest BCUT2D eigenvalue weighted by Crippen LogP contribution is 2.38. The molecule has 2 aliphatic heterocycles. The smallest absolute Gasteiger partial charge is 0.265 e. The molecule has 8 nitrogen and oxygen atoms in total. The Hall–Kier alpha value is -2.01. The molecule has 32 heavy (non-hydrogen) atoms. The van der Waals surface area contributed by atoms with Crippen LogP contribution in [-0.2, 0) is 21.9 Å². The minimum atomic E-state index is -3.76. The summed E-state index contributed by atoms with van der Waals surface area (Å²) >= 11 is 7.91. The van der Waals surface area contributed by atoms with E-state index in [0.29, 0.717) is 17.9 Å². The molecule has 1 fully saturated rings. The van der Waals surface area contributed by atoms with E-state index in [-0.39, 0.29) is 41.5 Å². The minimum absolute atomic E-state index is 0.0323. The van der Waals surface area contributed by atoms with E-state index in [2.05, 4.69) is 5.32 Å². The number of amides is 2. The molecule has 1 saturated heterocycles. The maximum absolute atomic E-state index is 13.0. The molecule has 3 N–H and O–H groups in total. The number of thioether (sulfide) groups is 1. The summed E-state index contributed by atoms with van der Waals surface area (Å²) in [6.45, 7) is 0.480. The molecule has 1 aromatic heterocycles. The Morgan fingerprint density at radius 2 is 1.91 bits per heavy atom. The average molecular weight is 497 g/mol. The Morgan fingerprint density at radius 3 is 2.56 bits per heavy atom. The van der Waals surface area contributed by atoms with Crippen molar-refractivity contribution in [1.82, 2.24) is 14.2 Å². The number of carbonyl (C=O) groups excluding carboxylic acids is 2. The van der Waals surface area contributed by atoms with Crippen molar-refractivity contribution < 1.29 is 18.0 Å². The Balaban J connectivity index is 1.40. The van der Waals surface area contributed by atoms with Gasteiger partial charge in [-0.2, -0.15) is 4.31 Å². The van der Waals surface area contributed by atoms with Crippen LogP contribution in [0.1, 0.15) is 41.4 Å². The standard InChI is InChI=1S/C21H25ClN4O4S2/c1-25-12-15(11-18(25)20(23)27)32(29,30)26-7-4-13(5-8-26)21(28)24-17-6-9-31-19-3-2-14(22)10-16(17)19/h2-3,10-13,17H,4-9H2,1H3,(H2,23,27)(H,24,28)/t17-/m0/s1. The predicted octanol–water partition coefficient (Wildman–Crippen LogP) is 2.53. The topological polar surface area (TPSA) is 114 Å². The van der Waals surface area contributed by atoms with Crippen LogP contribution >= 0.6 is 23.4 Å². The number of sulfonamides is 1. The number of primary amides is 1. The largest absolute Gasteiger partial charge is 0.364 e. The molecule has 0 bridgehead atoms. The van der Waals surface area contributed by atoms with Crippen LogP contribution in [0.2, 0.25) is 5.02 Å². The van der Waals surface area contributed by atoms with Gasteiger partial charge < -0.3 is 15.6 Å². The Labute approximate surface area is 196 Å². The van der Waals surface area contributed by atoms with Crippen LogP contribution in [0.5, 0.6) is 0 Å². The third-order valence-corrected chi connectivity index (χ3v) is 9.24. The summed E-state index contributed by atoms with van der Waals surface area (Å²) in [6.07, 6.45) is 3.08. The quantitative estimate of drug-likeness (QED) is 0.660. The first-order valence-corrected chi connectivity index (χ1v) is 13.2. The van der Waals surface area contributed by atoms with Gasteiger partial charge in [-0.25, -0.2) is 8.42 Å². The fourth-order valence-electron chi connectivity index (χ4n) is 4.23. The number of nitrogens with two attached hydrogens (primary N) is 1. The van der Waals surface area contributed by atoms with E-state index in [1.54, 1.807) is 18.8 Å². The number of benzene rings is 1. The van der Waals surface area contributed by atoms with Crippen LogP contribution in [0, 0.1) is 5.92 Å². The summed E-state index contributed by atoms with van der Waals surface area (Å²) in [6, 6.07) is 6.95. The summed E-state index contributed by atoms with van der Waals surface area (Å²) in [5, 5.41) is 3.79. The molecule has 0 spiro atoms. The Morgan fingerprint density at radius 1 is 1.19 bits per heavy atom. The van der Waals surface area contributed by atoms with E-state index in [0.717, 1.165) is 22.6 Å². The van der Waals surface area contributed by atoms with E-state index in [9.17, 15) is 18.0 Å². The Bertz CT molecular complexity index is 1160. The molecule has 0 unspecified atom stereocenters. The summed E-state index contributed by atoms with van der Waals surface area (Å²) in [5.41, 5.74) is 6.46. The van der Waals surface area contributed by atoms with Crippen molar-refractivity contribution in [3.63, 3.8) is 0 Å². The fourth-order valence-corrected chi connectivity index (χ4v) is 7.06. The molecule has 11 heteroatoms. The average Bonchev–Trinajstić information content (AvgIpc) is 3.17. The lowest BCUT2D eigenvalue weighted by Crippen LogP contribution is -2.44. The molecule has 0 saturated carbocycles. The number of hydrogen-bond donors (Lipinski definition) is 2. The van der Waals surface area contributed by atoms with Crippen molar-refractivity contribution in [2.75, 3.05) is 18.8 Å². The number of rotatable bonds is 5. The molecule has 1 atom stereocenters. The van der Waals surface area contributed by atoms with Gasteiger partial charge in [-0.15, -0.1) is 11.8 Å². The van der Waals surface area contributed by atoms with Gasteiger partial charge in [0.15, 0.2) is 0 Å². The normalized spacial score (nSPS) is 20.0. The van der Waals surface area contributed by atoms with E-state index < -0.39 is 15.9 Å². The minimum Gasteiger partial charge on any atom is -0.364 e. The second kappa shape index (κ2) is 9.09. The highest BCUT2D eigenvalue weighted by Gasteiger charge is 2.34. The number of halogens is 1. The van der Waals surface area contributed by atoms with E-state index >= 15 is 0 Å². The molecule has 2 amide bonds. The van der Waals surface area contributed by atoms with Gasteiger partial charge in [0.05, 0.1) is 6.04 Å². The first-order chi connectivity index (χ1) is 15.2. The van der Waals surface area contributed by atoms with Crippen LogP contribution in [0.4, 0.5) is 0 Å². The maximum Gasteiger partial charge on any atom is 0.265 e. The van der Waals surface area contributed by atoms with E-state index in [1.165, 1.54) is 21.1 Å². The van der Waals surface area contributed by atoms with Gasteiger partial charge in [-0.05, 0) is 49.1 Å². The van der Waals surface area contributed by atoms with Gasteiger partial charge >= 0.3 is 0 Å². The van der Waals surface area contributed by atoms with Crippen molar-refractivity contribution in [3.05, 3.63) is 46.7 Å². The number of piperidine rings is 1. The molecular formula is C21H25ClN4O4S2. The van der Waals surface area contributed by atoms with E-state index in [4.69, 9.17) is 17.3 Å².